The number of benzene rings is 2. The van der Waals surface area contributed by atoms with Crippen LogP contribution >= 0.6 is 11.8 Å². The Morgan fingerprint density at radius 3 is 2.48 bits per heavy atom. The van der Waals surface area contributed by atoms with Crippen molar-refractivity contribution in [2.75, 3.05) is 12.5 Å². The van der Waals surface area contributed by atoms with Crippen molar-refractivity contribution in [2.45, 2.75) is 23.6 Å². The van der Waals surface area contributed by atoms with Gasteiger partial charge in [0.05, 0.1) is 21.5 Å². The van der Waals surface area contributed by atoms with E-state index < -0.39 is 15.1 Å². The SMILES string of the molecule is CCC(c1cc(-c2cccc(-c3cccc(SC)n3)c2)c2ncccc2c1)S(C)(=O)=O. The highest BCUT2D eigenvalue weighted by Gasteiger charge is 2.22. The number of hydrogen-bond acceptors (Lipinski definition) is 5. The molecule has 0 fully saturated rings. The molecule has 0 aliphatic rings. The van der Waals surface area contributed by atoms with Gasteiger partial charge in [0.15, 0.2) is 9.84 Å². The maximum Gasteiger partial charge on any atom is 0.154 e. The average molecular weight is 449 g/mol. The second-order valence-electron chi connectivity index (χ2n) is 7.52. The minimum absolute atomic E-state index is 0.523. The van der Waals surface area contributed by atoms with Crippen molar-refractivity contribution >= 4 is 32.5 Å². The van der Waals surface area contributed by atoms with E-state index in [4.69, 9.17) is 4.98 Å². The van der Waals surface area contributed by atoms with Gasteiger partial charge in [-0.15, -0.1) is 11.8 Å². The molecule has 0 saturated carbocycles. The molecule has 1 unspecified atom stereocenters. The van der Waals surface area contributed by atoms with Crippen LogP contribution in [-0.4, -0.2) is 30.9 Å². The standard InChI is InChI=1S/C25H24N2O2S2/c1-4-23(31(3,28)29)20-15-19-10-7-13-26-25(19)21(16-20)17-8-5-9-18(14-17)22-11-6-12-24(27-22)30-2/h5-16,23H,4H2,1-3H3. The lowest BCUT2D eigenvalue weighted by Gasteiger charge is -2.17. The maximum atomic E-state index is 12.4. The first kappa shape index (κ1) is 21.5. The van der Waals surface area contributed by atoms with Crippen LogP contribution in [0, 0.1) is 0 Å². The van der Waals surface area contributed by atoms with Gasteiger partial charge in [0.25, 0.3) is 0 Å². The normalized spacial score (nSPS) is 12.7. The topological polar surface area (TPSA) is 59.9 Å². The van der Waals surface area contributed by atoms with Gasteiger partial charge < -0.3 is 0 Å². The minimum atomic E-state index is -3.23. The van der Waals surface area contributed by atoms with Crippen LogP contribution in [0.15, 0.2) is 78.0 Å². The highest BCUT2D eigenvalue weighted by molar-refractivity contribution is 7.98. The first-order chi connectivity index (χ1) is 14.9. The molecule has 4 nitrogen and oxygen atoms in total. The summed E-state index contributed by atoms with van der Waals surface area (Å²) in [6.07, 6.45) is 5.61. The molecule has 0 N–H and O–H groups in total. The Morgan fingerprint density at radius 2 is 1.74 bits per heavy atom. The average Bonchev–Trinajstić information content (AvgIpc) is 2.78. The summed E-state index contributed by atoms with van der Waals surface area (Å²) in [5.41, 5.74) is 5.49. The largest absolute Gasteiger partial charge is 0.256 e. The molecule has 0 aliphatic heterocycles. The van der Waals surface area contributed by atoms with Crippen molar-refractivity contribution in [1.82, 2.24) is 9.97 Å². The van der Waals surface area contributed by atoms with Gasteiger partial charge in [-0.1, -0.05) is 37.3 Å². The fourth-order valence-electron chi connectivity index (χ4n) is 3.94. The molecule has 0 spiro atoms. The Labute approximate surface area is 187 Å². The van der Waals surface area contributed by atoms with Gasteiger partial charge >= 0.3 is 0 Å². The van der Waals surface area contributed by atoms with Crippen molar-refractivity contribution in [2.24, 2.45) is 0 Å². The minimum Gasteiger partial charge on any atom is -0.256 e. The summed E-state index contributed by atoms with van der Waals surface area (Å²) in [5.74, 6) is 0. The van der Waals surface area contributed by atoms with Gasteiger partial charge in [0.1, 0.15) is 0 Å². The van der Waals surface area contributed by atoms with Gasteiger partial charge in [-0.25, -0.2) is 13.4 Å². The Morgan fingerprint density at radius 1 is 0.968 bits per heavy atom. The summed E-state index contributed by atoms with van der Waals surface area (Å²) in [5, 5.41) is 1.36. The number of hydrogen-bond donors (Lipinski definition) is 0. The summed E-state index contributed by atoms with van der Waals surface area (Å²) < 4.78 is 24.8. The van der Waals surface area contributed by atoms with Gasteiger partial charge in [0.2, 0.25) is 0 Å². The second kappa shape index (κ2) is 8.81. The molecule has 1 atom stereocenters. The van der Waals surface area contributed by atoms with E-state index in [9.17, 15) is 8.42 Å². The first-order valence-corrected chi connectivity index (χ1v) is 13.3. The summed E-state index contributed by atoms with van der Waals surface area (Å²) in [6, 6.07) is 22.0. The van der Waals surface area contributed by atoms with E-state index in [2.05, 4.69) is 11.1 Å². The van der Waals surface area contributed by atoms with Crippen LogP contribution in [0.3, 0.4) is 0 Å². The van der Waals surface area contributed by atoms with Crippen LogP contribution in [0.4, 0.5) is 0 Å². The van der Waals surface area contributed by atoms with Crippen LogP contribution in [0.2, 0.25) is 0 Å². The Hall–Kier alpha value is -2.70. The number of pyridine rings is 2. The lowest BCUT2D eigenvalue weighted by molar-refractivity contribution is 0.585. The first-order valence-electron chi connectivity index (χ1n) is 10.1. The van der Waals surface area contributed by atoms with Gasteiger partial charge in [-0.05, 0) is 60.2 Å². The quantitative estimate of drug-likeness (QED) is 0.330. The van der Waals surface area contributed by atoms with Crippen LogP contribution in [0.1, 0.15) is 24.2 Å². The van der Waals surface area contributed by atoms with E-state index in [1.165, 1.54) is 6.26 Å². The van der Waals surface area contributed by atoms with Crippen molar-refractivity contribution in [3.05, 3.63) is 78.5 Å². The molecule has 4 aromatic rings. The molecule has 6 heteroatoms. The zero-order valence-electron chi connectivity index (χ0n) is 17.7. The highest BCUT2D eigenvalue weighted by Crippen LogP contribution is 2.35. The maximum absolute atomic E-state index is 12.4. The lowest BCUT2D eigenvalue weighted by atomic mass is 9.95. The second-order valence-corrected chi connectivity index (χ2v) is 10.6. The molecule has 2 aromatic carbocycles. The fraction of sp³-hybridized carbons (Fsp3) is 0.200. The molecule has 0 bridgehead atoms. The number of thioether (sulfide) groups is 1. The fourth-order valence-corrected chi connectivity index (χ4v) is 5.58. The Balaban J connectivity index is 1.91. The van der Waals surface area contributed by atoms with E-state index in [0.29, 0.717) is 6.42 Å². The van der Waals surface area contributed by atoms with Gasteiger partial charge in [-0.2, -0.15) is 0 Å². The molecule has 0 aliphatic carbocycles. The predicted octanol–water partition coefficient (Wildman–Crippen LogP) is 6.18. The third-order valence-corrected chi connectivity index (χ3v) is 7.67. The van der Waals surface area contributed by atoms with Crippen LogP contribution in [0.25, 0.3) is 33.3 Å². The molecule has 2 aromatic heterocycles. The van der Waals surface area contributed by atoms with Crippen LogP contribution in [-0.2, 0) is 9.84 Å². The van der Waals surface area contributed by atoms with Crippen molar-refractivity contribution in [1.29, 1.82) is 0 Å². The molecule has 31 heavy (non-hydrogen) atoms. The Kier molecular flexibility index (Phi) is 6.12. The Bertz CT molecular complexity index is 1350. The number of sulfone groups is 1. The van der Waals surface area contributed by atoms with Crippen molar-refractivity contribution in [3.63, 3.8) is 0 Å². The van der Waals surface area contributed by atoms with Crippen molar-refractivity contribution < 1.29 is 8.42 Å². The number of aromatic nitrogens is 2. The summed E-state index contributed by atoms with van der Waals surface area (Å²) in [4.78, 5) is 9.33. The number of nitrogens with zero attached hydrogens (tertiary/aromatic N) is 2. The smallest absolute Gasteiger partial charge is 0.154 e. The number of rotatable bonds is 6. The van der Waals surface area contributed by atoms with Crippen LogP contribution in [0.5, 0.6) is 0 Å². The molecular weight excluding hydrogens is 424 g/mol. The summed E-state index contributed by atoms with van der Waals surface area (Å²) in [6.45, 7) is 1.91. The zero-order valence-corrected chi connectivity index (χ0v) is 19.4. The summed E-state index contributed by atoms with van der Waals surface area (Å²) >= 11 is 1.61. The van der Waals surface area contributed by atoms with Gasteiger partial charge in [-0.3, -0.25) is 4.98 Å². The third-order valence-electron chi connectivity index (χ3n) is 5.39. The number of fused-ring (bicyclic) bond motifs is 1. The molecule has 158 valence electrons. The van der Waals surface area contributed by atoms with E-state index >= 15 is 0 Å². The molecule has 0 saturated heterocycles. The highest BCUT2D eigenvalue weighted by atomic mass is 32.2. The van der Waals surface area contributed by atoms with Crippen LogP contribution < -0.4 is 0 Å². The third kappa shape index (κ3) is 4.50. The molecule has 2 heterocycles. The van der Waals surface area contributed by atoms with E-state index in [0.717, 1.165) is 43.9 Å². The molecule has 0 radical (unpaired) electrons. The van der Waals surface area contributed by atoms with E-state index in [-0.39, 0.29) is 0 Å². The zero-order chi connectivity index (χ0) is 22.0. The van der Waals surface area contributed by atoms with Crippen molar-refractivity contribution in [3.8, 4) is 22.4 Å². The van der Waals surface area contributed by atoms with E-state index in [1.807, 2.05) is 73.8 Å². The predicted molar refractivity (Wildman–Crippen MR) is 130 cm³/mol. The molecule has 0 amide bonds. The van der Waals surface area contributed by atoms with Gasteiger partial charge in [0, 0.05) is 29.0 Å². The monoisotopic (exact) mass is 448 g/mol. The lowest BCUT2D eigenvalue weighted by Crippen LogP contribution is -2.10. The van der Waals surface area contributed by atoms with E-state index in [1.54, 1.807) is 18.0 Å². The molecular formula is C25H24N2O2S2. The summed E-state index contributed by atoms with van der Waals surface area (Å²) in [7, 11) is -3.23. The molecule has 4 rings (SSSR count).